The summed E-state index contributed by atoms with van der Waals surface area (Å²) in [6, 6.07) is 6.12. The van der Waals surface area contributed by atoms with Gasteiger partial charge in [0, 0.05) is 25.8 Å². The van der Waals surface area contributed by atoms with Crippen molar-refractivity contribution in [3.05, 3.63) is 29.3 Å². The lowest BCUT2D eigenvalue weighted by atomic mass is 10.1. The number of guanidine groups is 1. The smallest absolute Gasteiger partial charge is 0.191 e. The van der Waals surface area contributed by atoms with Crippen LogP contribution in [0.15, 0.2) is 23.2 Å². The van der Waals surface area contributed by atoms with Crippen molar-refractivity contribution in [1.29, 1.82) is 0 Å². The van der Waals surface area contributed by atoms with Crippen LogP contribution in [0.1, 0.15) is 25.0 Å². The number of benzene rings is 1. The van der Waals surface area contributed by atoms with Gasteiger partial charge in [0.25, 0.3) is 0 Å². The Bertz CT molecular complexity index is 457. The van der Waals surface area contributed by atoms with Gasteiger partial charge in [0.1, 0.15) is 12.4 Å². The predicted molar refractivity (Wildman–Crippen MR) is 86.8 cm³/mol. The quantitative estimate of drug-likeness (QED) is 0.453. The first-order valence-corrected chi connectivity index (χ1v) is 7.38. The van der Waals surface area contributed by atoms with E-state index in [1.807, 2.05) is 24.0 Å². The van der Waals surface area contributed by atoms with E-state index >= 15 is 0 Å². The lowest BCUT2D eigenvalue weighted by molar-refractivity contribution is 0.145. The molecule has 0 spiro atoms. The summed E-state index contributed by atoms with van der Waals surface area (Å²) in [4.78, 5) is 6.49. The van der Waals surface area contributed by atoms with Gasteiger partial charge in [0.15, 0.2) is 5.96 Å². The zero-order chi connectivity index (χ0) is 15.7. The molecule has 5 heteroatoms. The second-order valence-corrected chi connectivity index (χ2v) is 4.80. The van der Waals surface area contributed by atoms with E-state index in [1.54, 1.807) is 7.11 Å². The standard InChI is InChI=1S/C16H27N3O2/c1-5-19(6-2)16(17)18-12-14-8-7-13(3)11-15(14)21-10-9-20-4/h7-8,11H,5-6,9-10,12H2,1-4H3,(H2,17,18). The Morgan fingerprint density at radius 3 is 2.57 bits per heavy atom. The average Bonchev–Trinajstić information content (AvgIpc) is 2.48. The summed E-state index contributed by atoms with van der Waals surface area (Å²) in [7, 11) is 1.66. The van der Waals surface area contributed by atoms with E-state index < -0.39 is 0 Å². The first-order valence-electron chi connectivity index (χ1n) is 7.38. The molecule has 0 aromatic heterocycles. The van der Waals surface area contributed by atoms with Crippen molar-refractivity contribution < 1.29 is 9.47 Å². The van der Waals surface area contributed by atoms with Crippen LogP contribution in [0.4, 0.5) is 0 Å². The number of hydrogen-bond donors (Lipinski definition) is 1. The Morgan fingerprint density at radius 1 is 1.24 bits per heavy atom. The summed E-state index contributed by atoms with van der Waals surface area (Å²) in [5, 5.41) is 0. The molecule has 0 radical (unpaired) electrons. The topological polar surface area (TPSA) is 60.1 Å². The molecule has 0 heterocycles. The van der Waals surface area contributed by atoms with Gasteiger partial charge in [0.05, 0.1) is 13.2 Å². The lowest BCUT2D eigenvalue weighted by Gasteiger charge is -2.19. The molecule has 0 amide bonds. The third-order valence-electron chi connectivity index (χ3n) is 3.27. The van der Waals surface area contributed by atoms with E-state index in [4.69, 9.17) is 15.2 Å². The number of rotatable bonds is 8. The highest BCUT2D eigenvalue weighted by Gasteiger charge is 2.06. The highest BCUT2D eigenvalue weighted by Crippen LogP contribution is 2.21. The van der Waals surface area contributed by atoms with Crippen LogP contribution in [-0.4, -0.2) is 44.3 Å². The molecule has 0 aliphatic carbocycles. The second kappa shape index (κ2) is 9.23. The molecule has 5 nitrogen and oxygen atoms in total. The molecule has 0 unspecified atom stereocenters. The van der Waals surface area contributed by atoms with Gasteiger partial charge in [-0.05, 0) is 32.4 Å². The Balaban J connectivity index is 2.79. The van der Waals surface area contributed by atoms with Gasteiger partial charge < -0.3 is 20.1 Å². The zero-order valence-corrected chi connectivity index (χ0v) is 13.6. The Labute approximate surface area is 127 Å². The van der Waals surface area contributed by atoms with E-state index in [1.165, 1.54) is 0 Å². The summed E-state index contributed by atoms with van der Waals surface area (Å²) in [5.41, 5.74) is 8.20. The van der Waals surface area contributed by atoms with Crippen LogP contribution in [0.2, 0.25) is 0 Å². The Morgan fingerprint density at radius 2 is 1.95 bits per heavy atom. The first-order chi connectivity index (χ1) is 10.1. The lowest BCUT2D eigenvalue weighted by Crippen LogP contribution is -2.37. The summed E-state index contributed by atoms with van der Waals surface area (Å²) in [5.74, 6) is 1.42. The van der Waals surface area contributed by atoms with Crippen molar-refractivity contribution in [2.24, 2.45) is 10.7 Å². The largest absolute Gasteiger partial charge is 0.491 e. The normalized spacial score (nSPS) is 11.5. The van der Waals surface area contributed by atoms with Gasteiger partial charge in [-0.1, -0.05) is 12.1 Å². The third kappa shape index (κ3) is 5.63. The minimum absolute atomic E-state index is 0.519. The molecule has 0 aliphatic rings. The molecule has 0 saturated carbocycles. The van der Waals surface area contributed by atoms with Crippen molar-refractivity contribution in [3.8, 4) is 5.75 Å². The highest BCUT2D eigenvalue weighted by atomic mass is 16.5. The van der Waals surface area contributed by atoms with Gasteiger partial charge in [-0.2, -0.15) is 0 Å². The molecule has 1 aromatic rings. The fourth-order valence-electron chi connectivity index (χ4n) is 1.98. The predicted octanol–water partition coefficient (Wildman–Crippen LogP) is 2.18. The summed E-state index contributed by atoms with van der Waals surface area (Å²) in [6.07, 6.45) is 0. The van der Waals surface area contributed by atoms with Crippen molar-refractivity contribution in [2.75, 3.05) is 33.4 Å². The number of nitrogens with two attached hydrogens (primary N) is 1. The van der Waals surface area contributed by atoms with Crippen LogP contribution in [0.3, 0.4) is 0 Å². The van der Waals surface area contributed by atoms with Crippen LogP contribution in [0, 0.1) is 6.92 Å². The fraction of sp³-hybridized carbons (Fsp3) is 0.562. The summed E-state index contributed by atoms with van der Waals surface area (Å²) in [6.45, 7) is 9.51. The summed E-state index contributed by atoms with van der Waals surface area (Å²) >= 11 is 0. The molecule has 118 valence electrons. The van der Waals surface area contributed by atoms with Crippen LogP contribution in [0.25, 0.3) is 0 Å². The minimum Gasteiger partial charge on any atom is -0.491 e. The van der Waals surface area contributed by atoms with Crippen molar-refractivity contribution in [1.82, 2.24) is 4.90 Å². The molecule has 0 atom stereocenters. The summed E-state index contributed by atoms with van der Waals surface area (Å²) < 4.78 is 10.8. The fourth-order valence-corrected chi connectivity index (χ4v) is 1.98. The van der Waals surface area contributed by atoms with Gasteiger partial charge in [0.2, 0.25) is 0 Å². The second-order valence-electron chi connectivity index (χ2n) is 4.80. The molecule has 0 fully saturated rings. The van der Waals surface area contributed by atoms with Crippen molar-refractivity contribution in [2.45, 2.75) is 27.3 Å². The average molecular weight is 293 g/mol. The number of methoxy groups -OCH3 is 1. The van der Waals surface area contributed by atoms with Crippen LogP contribution < -0.4 is 10.5 Å². The van der Waals surface area contributed by atoms with Crippen LogP contribution >= 0.6 is 0 Å². The van der Waals surface area contributed by atoms with E-state index in [2.05, 4.69) is 24.9 Å². The Kier molecular flexibility index (Phi) is 7.61. The van der Waals surface area contributed by atoms with Crippen molar-refractivity contribution in [3.63, 3.8) is 0 Å². The first kappa shape index (κ1) is 17.3. The molecule has 0 aliphatic heterocycles. The Hall–Kier alpha value is -1.75. The maximum atomic E-state index is 6.00. The van der Waals surface area contributed by atoms with E-state index in [0.29, 0.717) is 25.7 Å². The van der Waals surface area contributed by atoms with E-state index in [-0.39, 0.29) is 0 Å². The monoisotopic (exact) mass is 293 g/mol. The molecule has 0 saturated heterocycles. The van der Waals surface area contributed by atoms with Crippen LogP contribution in [0.5, 0.6) is 5.75 Å². The number of aryl methyl sites for hydroxylation is 1. The number of nitrogens with zero attached hydrogens (tertiary/aromatic N) is 2. The zero-order valence-electron chi connectivity index (χ0n) is 13.6. The maximum absolute atomic E-state index is 6.00. The molecular weight excluding hydrogens is 266 g/mol. The van der Waals surface area contributed by atoms with E-state index in [9.17, 15) is 0 Å². The van der Waals surface area contributed by atoms with Crippen molar-refractivity contribution >= 4 is 5.96 Å². The maximum Gasteiger partial charge on any atom is 0.191 e. The third-order valence-corrected chi connectivity index (χ3v) is 3.27. The molecule has 2 N–H and O–H groups in total. The molecule has 1 rings (SSSR count). The van der Waals surface area contributed by atoms with Gasteiger partial charge >= 0.3 is 0 Å². The molecular formula is C16H27N3O2. The SMILES string of the molecule is CCN(CC)C(N)=NCc1ccc(C)cc1OCCOC. The molecule has 1 aromatic carbocycles. The molecule has 0 bridgehead atoms. The van der Waals surface area contributed by atoms with Gasteiger partial charge in [-0.25, -0.2) is 4.99 Å². The number of hydrogen-bond acceptors (Lipinski definition) is 3. The van der Waals surface area contributed by atoms with Crippen LogP contribution in [-0.2, 0) is 11.3 Å². The number of ether oxygens (including phenoxy) is 2. The minimum atomic E-state index is 0.519. The number of aliphatic imine (C=N–C) groups is 1. The van der Waals surface area contributed by atoms with E-state index in [0.717, 1.165) is 30.0 Å². The highest BCUT2D eigenvalue weighted by molar-refractivity contribution is 5.78. The van der Waals surface area contributed by atoms with Gasteiger partial charge in [-0.3, -0.25) is 0 Å². The van der Waals surface area contributed by atoms with Gasteiger partial charge in [-0.15, -0.1) is 0 Å². The molecule has 21 heavy (non-hydrogen) atoms.